The largest absolute Gasteiger partial charge is 0.368 e. The Morgan fingerprint density at radius 3 is 2.67 bits per heavy atom. The lowest BCUT2D eigenvalue weighted by Crippen LogP contribution is -2.45. The minimum Gasteiger partial charge on any atom is -0.368 e. The molecule has 122 valence electrons. The van der Waals surface area contributed by atoms with Crippen molar-refractivity contribution in [2.75, 3.05) is 27.2 Å². The summed E-state index contributed by atoms with van der Waals surface area (Å²) in [5.74, 6) is -0.0583. The van der Waals surface area contributed by atoms with Crippen LogP contribution in [0.5, 0.6) is 0 Å². The number of hydrogen-bond acceptors (Lipinski definition) is 4. The Morgan fingerprint density at radius 1 is 1.43 bits per heavy atom. The van der Waals surface area contributed by atoms with Gasteiger partial charge in [0.05, 0.1) is 6.10 Å². The first-order chi connectivity index (χ1) is 9.75. The van der Waals surface area contributed by atoms with Gasteiger partial charge in [-0.25, -0.2) is 0 Å². The second-order valence-corrected chi connectivity index (χ2v) is 6.97. The standard InChI is InChI=1S/C16H30N2O3/c1-6-16(2,3)9-7-14(20)17-15-12(19)11-21-13(15)8-10-18(4)5/h13,15H,6-11H2,1-5H3,(H,17,20). The van der Waals surface area contributed by atoms with Crippen LogP contribution in [0, 0.1) is 5.41 Å². The lowest BCUT2D eigenvalue weighted by molar-refractivity contribution is -0.126. The van der Waals surface area contributed by atoms with Crippen LogP contribution < -0.4 is 5.32 Å². The van der Waals surface area contributed by atoms with E-state index in [1.807, 2.05) is 14.1 Å². The molecule has 5 nitrogen and oxygen atoms in total. The third kappa shape index (κ3) is 6.14. The van der Waals surface area contributed by atoms with E-state index in [-0.39, 0.29) is 29.8 Å². The number of hydrogen-bond donors (Lipinski definition) is 1. The lowest BCUT2D eigenvalue weighted by Gasteiger charge is -2.23. The van der Waals surface area contributed by atoms with Gasteiger partial charge in [-0.15, -0.1) is 0 Å². The Labute approximate surface area is 128 Å². The van der Waals surface area contributed by atoms with Gasteiger partial charge in [0.1, 0.15) is 12.6 Å². The van der Waals surface area contributed by atoms with E-state index in [9.17, 15) is 9.59 Å². The summed E-state index contributed by atoms with van der Waals surface area (Å²) < 4.78 is 5.50. The van der Waals surface area contributed by atoms with Crippen molar-refractivity contribution < 1.29 is 14.3 Å². The van der Waals surface area contributed by atoms with E-state index >= 15 is 0 Å². The molecule has 1 aliphatic rings. The molecule has 0 radical (unpaired) electrons. The molecular weight excluding hydrogens is 268 g/mol. The zero-order valence-corrected chi connectivity index (χ0v) is 14.1. The van der Waals surface area contributed by atoms with Crippen molar-refractivity contribution >= 4 is 11.7 Å². The van der Waals surface area contributed by atoms with Gasteiger partial charge in [-0.1, -0.05) is 27.2 Å². The van der Waals surface area contributed by atoms with E-state index in [2.05, 4.69) is 31.0 Å². The monoisotopic (exact) mass is 298 g/mol. The number of rotatable bonds is 8. The third-order valence-electron chi connectivity index (χ3n) is 4.32. The minimum atomic E-state index is -0.470. The summed E-state index contributed by atoms with van der Waals surface area (Å²) in [6.45, 7) is 7.40. The number of carbonyl (C=O) groups is 2. The van der Waals surface area contributed by atoms with Crippen molar-refractivity contribution in [2.45, 2.75) is 58.6 Å². The van der Waals surface area contributed by atoms with Gasteiger partial charge in [-0.3, -0.25) is 9.59 Å². The van der Waals surface area contributed by atoms with Crippen LogP contribution in [0.3, 0.4) is 0 Å². The Hall–Kier alpha value is -0.940. The zero-order valence-electron chi connectivity index (χ0n) is 14.1. The van der Waals surface area contributed by atoms with Crippen LogP contribution in [0.2, 0.25) is 0 Å². The Bertz CT molecular complexity index is 367. The first kappa shape index (κ1) is 18.1. The minimum absolute atomic E-state index is 0.0122. The predicted molar refractivity (Wildman–Crippen MR) is 83.2 cm³/mol. The van der Waals surface area contributed by atoms with E-state index < -0.39 is 6.04 Å². The van der Waals surface area contributed by atoms with Gasteiger partial charge >= 0.3 is 0 Å². The van der Waals surface area contributed by atoms with Gasteiger partial charge in [0.2, 0.25) is 5.91 Å². The van der Waals surface area contributed by atoms with Crippen LogP contribution in [0.1, 0.15) is 46.5 Å². The molecule has 1 rings (SSSR count). The molecule has 21 heavy (non-hydrogen) atoms. The Morgan fingerprint density at radius 2 is 2.10 bits per heavy atom. The van der Waals surface area contributed by atoms with Gasteiger partial charge in [-0.05, 0) is 32.4 Å². The molecule has 1 fully saturated rings. The number of carbonyl (C=O) groups excluding carboxylic acids is 2. The highest BCUT2D eigenvalue weighted by Crippen LogP contribution is 2.26. The van der Waals surface area contributed by atoms with E-state index in [1.165, 1.54) is 0 Å². The van der Waals surface area contributed by atoms with Crippen molar-refractivity contribution in [3.05, 3.63) is 0 Å². The van der Waals surface area contributed by atoms with E-state index in [1.54, 1.807) is 0 Å². The molecule has 0 bridgehead atoms. The zero-order chi connectivity index (χ0) is 16.0. The predicted octanol–water partition coefficient (Wildman–Crippen LogP) is 1.61. The van der Waals surface area contributed by atoms with Crippen molar-refractivity contribution in [1.29, 1.82) is 0 Å². The second kappa shape index (κ2) is 7.90. The number of nitrogens with one attached hydrogen (secondary N) is 1. The van der Waals surface area contributed by atoms with Crippen molar-refractivity contribution in [2.24, 2.45) is 5.41 Å². The van der Waals surface area contributed by atoms with Gasteiger partial charge in [0, 0.05) is 13.0 Å². The SMILES string of the molecule is CCC(C)(C)CCC(=O)NC1C(=O)COC1CCN(C)C. The summed E-state index contributed by atoms with van der Waals surface area (Å²) in [6, 6.07) is -0.470. The normalized spacial score (nSPS) is 22.9. The van der Waals surface area contributed by atoms with Gasteiger partial charge in [0.25, 0.3) is 0 Å². The summed E-state index contributed by atoms with van der Waals surface area (Å²) in [6.07, 6.45) is 2.90. The Kier molecular flexibility index (Phi) is 6.81. The van der Waals surface area contributed by atoms with Crippen LogP contribution in [0.15, 0.2) is 0 Å². The number of amides is 1. The number of ketones is 1. The molecule has 0 aliphatic carbocycles. The maximum atomic E-state index is 12.1. The molecule has 1 saturated heterocycles. The summed E-state index contributed by atoms with van der Waals surface area (Å²) in [7, 11) is 3.97. The van der Waals surface area contributed by atoms with Crippen molar-refractivity contribution in [1.82, 2.24) is 10.2 Å². The number of ether oxygens (including phenoxy) is 1. The first-order valence-corrected chi connectivity index (χ1v) is 7.83. The van der Waals surface area contributed by atoms with Crippen LogP contribution in [0.4, 0.5) is 0 Å². The van der Waals surface area contributed by atoms with E-state index in [0.29, 0.717) is 6.42 Å². The fourth-order valence-corrected chi connectivity index (χ4v) is 2.27. The van der Waals surface area contributed by atoms with Crippen LogP contribution in [-0.2, 0) is 14.3 Å². The summed E-state index contributed by atoms with van der Waals surface area (Å²) in [4.78, 5) is 26.0. The van der Waals surface area contributed by atoms with Crippen molar-refractivity contribution in [3.8, 4) is 0 Å². The molecular formula is C16H30N2O3. The molecule has 0 aromatic carbocycles. The summed E-state index contributed by atoms with van der Waals surface area (Å²) in [5, 5.41) is 2.87. The highest BCUT2D eigenvalue weighted by atomic mass is 16.5. The highest BCUT2D eigenvalue weighted by Gasteiger charge is 2.36. The maximum absolute atomic E-state index is 12.1. The summed E-state index contributed by atoms with van der Waals surface area (Å²) >= 11 is 0. The molecule has 0 saturated carbocycles. The maximum Gasteiger partial charge on any atom is 0.220 e. The lowest BCUT2D eigenvalue weighted by atomic mass is 9.85. The van der Waals surface area contributed by atoms with E-state index in [4.69, 9.17) is 4.74 Å². The van der Waals surface area contributed by atoms with Crippen molar-refractivity contribution in [3.63, 3.8) is 0 Å². The third-order valence-corrected chi connectivity index (χ3v) is 4.32. The first-order valence-electron chi connectivity index (χ1n) is 7.83. The number of nitrogens with zero attached hydrogens (tertiary/aromatic N) is 1. The molecule has 1 aliphatic heterocycles. The average Bonchev–Trinajstić information content (AvgIpc) is 2.75. The molecule has 2 unspecified atom stereocenters. The van der Waals surface area contributed by atoms with Gasteiger partial charge in [0.15, 0.2) is 5.78 Å². The molecule has 5 heteroatoms. The number of Topliss-reactive ketones (excluding diaryl/α,β-unsaturated/α-hetero) is 1. The molecule has 0 aromatic heterocycles. The Balaban J connectivity index is 2.46. The van der Waals surface area contributed by atoms with Gasteiger partial charge in [-0.2, -0.15) is 0 Å². The highest BCUT2D eigenvalue weighted by molar-refractivity contribution is 5.91. The molecule has 1 amide bonds. The molecule has 2 atom stereocenters. The summed E-state index contributed by atoms with van der Waals surface area (Å²) in [5.41, 5.74) is 0.165. The van der Waals surface area contributed by atoms with E-state index in [0.717, 1.165) is 25.8 Å². The van der Waals surface area contributed by atoms with Crippen LogP contribution in [-0.4, -0.2) is 56.0 Å². The quantitative estimate of drug-likeness (QED) is 0.739. The molecule has 1 N–H and O–H groups in total. The molecule has 0 spiro atoms. The van der Waals surface area contributed by atoms with Crippen LogP contribution in [0.25, 0.3) is 0 Å². The average molecular weight is 298 g/mol. The second-order valence-electron chi connectivity index (χ2n) is 6.97. The fraction of sp³-hybridized carbons (Fsp3) is 0.875. The fourth-order valence-electron chi connectivity index (χ4n) is 2.27. The molecule has 0 aromatic rings. The van der Waals surface area contributed by atoms with Crippen LogP contribution >= 0.6 is 0 Å². The molecule has 1 heterocycles. The topological polar surface area (TPSA) is 58.6 Å². The van der Waals surface area contributed by atoms with Gasteiger partial charge < -0.3 is 15.0 Å². The smallest absolute Gasteiger partial charge is 0.220 e.